The number of carbonyl (C=O) groups is 1. The van der Waals surface area contributed by atoms with Crippen LogP contribution in [0.4, 0.5) is 0 Å². The van der Waals surface area contributed by atoms with E-state index in [1.807, 2.05) is 0 Å². The van der Waals surface area contributed by atoms with Gasteiger partial charge >= 0.3 is 5.97 Å². The number of hydrogen-bond acceptors (Lipinski definition) is 4. The van der Waals surface area contributed by atoms with E-state index in [9.17, 15) is 13.2 Å². The van der Waals surface area contributed by atoms with Crippen LogP contribution in [-0.2, 0) is 10.0 Å². The standard InChI is InChI=1S/C14H21NO4S2/c1-8-4-5-11(9(2)6-8)15-21(18,19)12-7-10(3)13(20-12)14(16)17/h7-9,11,15H,4-6H2,1-3H3,(H,16,17). The highest BCUT2D eigenvalue weighted by molar-refractivity contribution is 7.91. The molecule has 21 heavy (non-hydrogen) atoms. The van der Waals surface area contributed by atoms with Gasteiger partial charge in [0.15, 0.2) is 0 Å². The summed E-state index contributed by atoms with van der Waals surface area (Å²) in [5.74, 6) is -0.161. The third-order valence-electron chi connectivity index (χ3n) is 4.09. The van der Waals surface area contributed by atoms with Gasteiger partial charge in [-0.2, -0.15) is 0 Å². The Morgan fingerprint density at radius 1 is 1.38 bits per heavy atom. The number of aryl methyl sites for hydroxylation is 1. The number of thiophene rings is 1. The number of rotatable bonds is 4. The zero-order chi connectivity index (χ0) is 15.8. The van der Waals surface area contributed by atoms with Crippen molar-refractivity contribution in [2.24, 2.45) is 11.8 Å². The van der Waals surface area contributed by atoms with Crippen LogP contribution in [0.5, 0.6) is 0 Å². The summed E-state index contributed by atoms with van der Waals surface area (Å²) in [5, 5.41) is 9.03. The quantitative estimate of drug-likeness (QED) is 0.888. The first-order chi connectivity index (χ1) is 9.70. The molecule has 7 heteroatoms. The van der Waals surface area contributed by atoms with Crippen LogP contribution >= 0.6 is 11.3 Å². The highest BCUT2D eigenvalue weighted by atomic mass is 32.2. The third-order valence-corrected chi connectivity index (χ3v) is 7.28. The van der Waals surface area contributed by atoms with Crippen LogP contribution in [0.3, 0.4) is 0 Å². The van der Waals surface area contributed by atoms with E-state index in [1.165, 1.54) is 6.07 Å². The lowest BCUT2D eigenvalue weighted by atomic mass is 9.80. The summed E-state index contributed by atoms with van der Waals surface area (Å²) in [6, 6.07) is 1.37. The van der Waals surface area contributed by atoms with Crippen molar-refractivity contribution in [2.45, 2.75) is 50.3 Å². The molecule has 0 spiro atoms. The highest BCUT2D eigenvalue weighted by Gasteiger charge is 2.30. The van der Waals surface area contributed by atoms with E-state index in [0.29, 0.717) is 17.4 Å². The minimum absolute atomic E-state index is 0.0677. The summed E-state index contributed by atoms with van der Waals surface area (Å²) < 4.78 is 27.7. The molecule has 0 amide bonds. The molecule has 118 valence electrons. The molecule has 0 aromatic carbocycles. The van der Waals surface area contributed by atoms with Crippen LogP contribution in [0.15, 0.2) is 10.3 Å². The first-order valence-electron chi connectivity index (χ1n) is 7.06. The average molecular weight is 331 g/mol. The first-order valence-corrected chi connectivity index (χ1v) is 9.36. The van der Waals surface area contributed by atoms with Gasteiger partial charge in [0.1, 0.15) is 9.09 Å². The first kappa shape index (κ1) is 16.5. The maximum atomic E-state index is 12.4. The number of sulfonamides is 1. The van der Waals surface area contributed by atoms with E-state index in [0.717, 1.165) is 30.6 Å². The van der Waals surface area contributed by atoms with Gasteiger partial charge in [-0.3, -0.25) is 0 Å². The predicted molar refractivity (Wildman–Crippen MR) is 82.3 cm³/mol. The fraction of sp³-hybridized carbons (Fsp3) is 0.643. The molecule has 1 fully saturated rings. The maximum absolute atomic E-state index is 12.4. The Balaban J connectivity index is 2.19. The Bertz CT molecular complexity index is 635. The van der Waals surface area contributed by atoms with Gasteiger partial charge in [0.05, 0.1) is 0 Å². The van der Waals surface area contributed by atoms with Crippen molar-refractivity contribution in [3.63, 3.8) is 0 Å². The summed E-state index contributed by atoms with van der Waals surface area (Å²) in [7, 11) is -3.64. The Kier molecular flexibility index (Phi) is 4.75. The molecule has 0 bridgehead atoms. The van der Waals surface area contributed by atoms with Crippen LogP contribution in [0, 0.1) is 18.8 Å². The Hall–Kier alpha value is -0.920. The van der Waals surface area contributed by atoms with Crippen LogP contribution in [0.2, 0.25) is 0 Å². The SMILES string of the molecule is Cc1cc(S(=O)(=O)NC2CCC(C)CC2C)sc1C(=O)O. The normalized spacial score (nSPS) is 26.7. The molecule has 1 saturated carbocycles. The molecule has 0 aliphatic heterocycles. The molecule has 2 rings (SSSR count). The number of carboxylic acid groups (broad SMARTS) is 1. The number of carboxylic acids is 1. The van der Waals surface area contributed by atoms with Crippen LogP contribution in [0.1, 0.15) is 48.3 Å². The molecule has 1 aliphatic rings. The highest BCUT2D eigenvalue weighted by Crippen LogP contribution is 2.31. The van der Waals surface area contributed by atoms with E-state index in [-0.39, 0.29) is 15.1 Å². The van der Waals surface area contributed by atoms with E-state index < -0.39 is 16.0 Å². The molecule has 3 unspecified atom stereocenters. The molecule has 2 N–H and O–H groups in total. The Morgan fingerprint density at radius 2 is 2.05 bits per heavy atom. The zero-order valence-electron chi connectivity index (χ0n) is 12.4. The molecule has 1 aliphatic carbocycles. The fourth-order valence-corrected chi connectivity index (χ4v) is 5.67. The molecule has 0 radical (unpaired) electrons. The van der Waals surface area contributed by atoms with Crippen molar-refractivity contribution in [3.8, 4) is 0 Å². The average Bonchev–Trinajstić information content (AvgIpc) is 2.76. The van der Waals surface area contributed by atoms with Crippen molar-refractivity contribution < 1.29 is 18.3 Å². The zero-order valence-corrected chi connectivity index (χ0v) is 14.1. The van der Waals surface area contributed by atoms with Gasteiger partial charge in [0.25, 0.3) is 0 Å². The third kappa shape index (κ3) is 3.64. The lowest BCUT2D eigenvalue weighted by Gasteiger charge is -2.32. The molecule has 1 aromatic heterocycles. The largest absolute Gasteiger partial charge is 0.477 e. The summed E-state index contributed by atoms with van der Waals surface area (Å²) in [6.07, 6.45) is 2.86. The van der Waals surface area contributed by atoms with Gasteiger partial charge < -0.3 is 5.11 Å². The fourth-order valence-electron chi connectivity index (χ4n) is 2.90. The summed E-state index contributed by atoms with van der Waals surface area (Å²) >= 11 is 0.815. The van der Waals surface area contributed by atoms with E-state index in [1.54, 1.807) is 6.92 Å². The van der Waals surface area contributed by atoms with Gasteiger partial charge in [-0.25, -0.2) is 17.9 Å². The van der Waals surface area contributed by atoms with Gasteiger partial charge in [0.2, 0.25) is 10.0 Å². The Morgan fingerprint density at radius 3 is 2.57 bits per heavy atom. The minimum Gasteiger partial charge on any atom is -0.477 e. The monoisotopic (exact) mass is 331 g/mol. The second-order valence-electron chi connectivity index (χ2n) is 6.01. The molecule has 3 atom stereocenters. The lowest BCUT2D eigenvalue weighted by Crippen LogP contribution is -2.42. The van der Waals surface area contributed by atoms with Crippen molar-refractivity contribution in [1.82, 2.24) is 4.72 Å². The number of nitrogens with one attached hydrogen (secondary N) is 1. The topological polar surface area (TPSA) is 83.5 Å². The van der Waals surface area contributed by atoms with E-state index in [4.69, 9.17) is 5.11 Å². The molecular weight excluding hydrogens is 310 g/mol. The lowest BCUT2D eigenvalue weighted by molar-refractivity contribution is 0.0701. The van der Waals surface area contributed by atoms with Gasteiger partial charge in [-0.1, -0.05) is 13.8 Å². The van der Waals surface area contributed by atoms with Crippen molar-refractivity contribution in [3.05, 3.63) is 16.5 Å². The van der Waals surface area contributed by atoms with Crippen molar-refractivity contribution >= 4 is 27.3 Å². The second-order valence-corrected chi connectivity index (χ2v) is 9.00. The van der Waals surface area contributed by atoms with Crippen LogP contribution in [0.25, 0.3) is 0 Å². The van der Waals surface area contributed by atoms with Crippen LogP contribution < -0.4 is 4.72 Å². The van der Waals surface area contributed by atoms with Crippen LogP contribution in [-0.4, -0.2) is 25.5 Å². The number of aromatic carboxylic acids is 1. The second kappa shape index (κ2) is 6.06. The Labute approximate surface area is 129 Å². The van der Waals surface area contributed by atoms with Crippen molar-refractivity contribution in [2.75, 3.05) is 0 Å². The van der Waals surface area contributed by atoms with Gasteiger partial charge in [0, 0.05) is 6.04 Å². The van der Waals surface area contributed by atoms with E-state index >= 15 is 0 Å². The maximum Gasteiger partial charge on any atom is 0.346 e. The summed E-state index contributed by atoms with van der Waals surface area (Å²) in [6.45, 7) is 5.86. The van der Waals surface area contributed by atoms with E-state index in [2.05, 4.69) is 18.6 Å². The molecule has 5 nitrogen and oxygen atoms in total. The smallest absolute Gasteiger partial charge is 0.346 e. The number of hydrogen-bond donors (Lipinski definition) is 2. The predicted octanol–water partition coefficient (Wildman–Crippen LogP) is 2.86. The van der Waals surface area contributed by atoms with Crippen molar-refractivity contribution in [1.29, 1.82) is 0 Å². The molecule has 1 heterocycles. The summed E-state index contributed by atoms with van der Waals surface area (Å²) in [4.78, 5) is 11.1. The summed E-state index contributed by atoms with van der Waals surface area (Å²) in [5.41, 5.74) is 0.484. The van der Waals surface area contributed by atoms with Gasteiger partial charge in [-0.15, -0.1) is 11.3 Å². The molecule has 1 aromatic rings. The molecule has 0 saturated heterocycles. The van der Waals surface area contributed by atoms with Gasteiger partial charge in [-0.05, 0) is 49.7 Å². The minimum atomic E-state index is -3.64. The molecular formula is C14H21NO4S2.